The quantitative estimate of drug-likeness (QED) is 0.678. The Labute approximate surface area is 76.2 Å². The highest BCUT2D eigenvalue weighted by atomic mass is 16.5. The van der Waals surface area contributed by atoms with Crippen LogP contribution in [0.25, 0.3) is 0 Å². The molecule has 0 fully saturated rings. The van der Waals surface area contributed by atoms with Crippen LogP contribution >= 0.6 is 0 Å². The fourth-order valence-electron chi connectivity index (χ4n) is 1.00. The molecule has 0 amide bonds. The number of aromatic nitrogens is 1. The maximum absolute atomic E-state index is 11.0. The van der Waals surface area contributed by atoms with Crippen LogP contribution in [0.15, 0.2) is 18.5 Å². The molecule has 1 aromatic rings. The van der Waals surface area contributed by atoms with Crippen molar-refractivity contribution in [2.24, 2.45) is 0 Å². The smallest absolute Gasteiger partial charge is 0.339 e. The predicted octanol–water partition coefficient (Wildman–Crippen LogP) is 0.596. The maximum Gasteiger partial charge on any atom is 0.339 e. The van der Waals surface area contributed by atoms with E-state index in [2.05, 4.69) is 9.72 Å². The number of carbonyl (C=O) groups excluding carboxylic acids is 1. The van der Waals surface area contributed by atoms with Crippen molar-refractivity contribution in [3.63, 3.8) is 0 Å². The minimum Gasteiger partial charge on any atom is -0.467 e. The highest BCUT2D eigenvalue weighted by Crippen LogP contribution is 2.16. The predicted molar refractivity (Wildman–Crippen MR) is 45.9 cm³/mol. The van der Waals surface area contributed by atoms with E-state index in [0.717, 1.165) is 5.56 Å². The molecular weight excluding hydrogens is 170 g/mol. The van der Waals surface area contributed by atoms with Gasteiger partial charge in [0.25, 0.3) is 0 Å². The van der Waals surface area contributed by atoms with Crippen molar-refractivity contribution in [3.8, 4) is 0 Å². The van der Waals surface area contributed by atoms with Gasteiger partial charge in [0.15, 0.2) is 6.10 Å². The monoisotopic (exact) mass is 181 g/mol. The Hall–Kier alpha value is -1.42. The molecule has 70 valence electrons. The number of methoxy groups -OCH3 is 1. The molecule has 1 heterocycles. The fraction of sp³-hybridized carbons (Fsp3) is 0.333. The van der Waals surface area contributed by atoms with Crippen molar-refractivity contribution in [1.82, 2.24) is 4.98 Å². The molecule has 0 spiro atoms. The number of esters is 1. The number of hydrogen-bond acceptors (Lipinski definition) is 4. The second-order valence-corrected chi connectivity index (χ2v) is 2.66. The van der Waals surface area contributed by atoms with Gasteiger partial charge >= 0.3 is 5.97 Å². The molecule has 0 aliphatic carbocycles. The van der Waals surface area contributed by atoms with Crippen molar-refractivity contribution < 1.29 is 14.6 Å². The van der Waals surface area contributed by atoms with Crippen LogP contribution in [-0.4, -0.2) is 23.2 Å². The first-order valence-corrected chi connectivity index (χ1v) is 3.83. The summed E-state index contributed by atoms with van der Waals surface area (Å²) in [7, 11) is 1.23. The van der Waals surface area contributed by atoms with E-state index >= 15 is 0 Å². The summed E-state index contributed by atoms with van der Waals surface area (Å²) in [5.41, 5.74) is 1.29. The molecule has 1 unspecified atom stereocenters. The van der Waals surface area contributed by atoms with Gasteiger partial charge in [-0.2, -0.15) is 0 Å². The number of aliphatic hydroxyl groups is 1. The van der Waals surface area contributed by atoms with Crippen LogP contribution in [0, 0.1) is 6.92 Å². The Morgan fingerprint density at radius 1 is 1.69 bits per heavy atom. The van der Waals surface area contributed by atoms with Crippen LogP contribution in [0.1, 0.15) is 17.2 Å². The summed E-state index contributed by atoms with van der Waals surface area (Å²) in [6.07, 6.45) is 1.82. The Bertz CT molecular complexity index is 311. The summed E-state index contributed by atoms with van der Waals surface area (Å²) in [5, 5.41) is 9.46. The zero-order chi connectivity index (χ0) is 9.84. The highest BCUT2D eigenvalue weighted by molar-refractivity contribution is 5.76. The number of aryl methyl sites for hydroxylation is 1. The lowest BCUT2D eigenvalue weighted by atomic mass is 10.1. The molecule has 0 aliphatic rings. The van der Waals surface area contributed by atoms with Crippen LogP contribution < -0.4 is 0 Å². The van der Waals surface area contributed by atoms with E-state index in [9.17, 15) is 9.90 Å². The molecule has 4 nitrogen and oxygen atoms in total. The van der Waals surface area contributed by atoms with Crippen LogP contribution in [-0.2, 0) is 9.53 Å². The fourth-order valence-corrected chi connectivity index (χ4v) is 1.00. The van der Waals surface area contributed by atoms with E-state index in [-0.39, 0.29) is 0 Å². The summed E-state index contributed by atoms with van der Waals surface area (Å²) in [6, 6.07) is 1.72. The van der Waals surface area contributed by atoms with Gasteiger partial charge in [-0.15, -0.1) is 0 Å². The second kappa shape index (κ2) is 4.00. The zero-order valence-electron chi connectivity index (χ0n) is 7.52. The average molecular weight is 181 g/mol. The molecular formula is C9H11NO3. The third-order valence-corrected chi connectivity index (χ3v) is 1.80. The third kappa shape index (κ3) is 2.03. The third-order valence-electron chi connectivity index (χ3n) is 1.80. The van der Waals surface area contributed by atoms with Gasteiger partial charge in [-0.3, -0.25) is 4.98 Å². The SMILES string of the molecule is COC(=O)C(O)c1cnccc1C. The lowest BCUT2D eigenvalue weighted by molar-refractivity contribution is -0.150. The van der Waals surface area contributed by atoms with Crippen molar-refractivity contribution >= 4 is 5.97 Å². The molecule has 1 N–H and O–H groups in total. The maximum atomic E-state index is 11.0. The number of nitrogens with zero attached hydrogens (tertiary/aromatic N) is 1. The lowest BCUT2D eigenvalue weighted by Gasteiger charge is -2.09. The molecule has 1 aromatic heterocycles. The van der Waals surface area contributed by atoms with Crippen LogP contribution in [0.2, 0.25) is 0 Å². The second-order valence-electron chi connectivity index (χ2n) is 2.66. The van der Waals surface area contributed by atoms with Gasteiger partial charge in [-0.1, -0.05) is 0 Å². The summed E-state index contributed by atoms with van der Waals surface area (Å²) in [5.74, 6) is -0.670. The van der Waals surface area contributed by atoms with E-state index in [1.807, 2.05) is 0 Å². The van der Waals surface area contributed by atoms with Crippen molar-refractivity contribution in [2.75, 3.05) is 7.11 Å². The first-order chi connectivity index (χ1) is 6.16. The number of hydrogen-bond donors (Lipinski definition) is 1. The summed E-state index contributed by atoms with van der Waals surface area (Å²) in [4.78, 5) is 14.8. The normalized spacial score (nSPS) is 12.2. The van der Waals surface area contributed by atoms with Crippen molar-refractivity contribution in [1.29, 1.82) is 0 Å². The standard InChI is InChI=1S/C9H11NO3/c1-6-3-4-10-5-7(6)8(11)9(12)13-2/h3-5,8,11H,1-2H3. The topological polar surface area (TPSA) is 59.4 Å². The molecule has 0 aromatic carbocycles. The average Bonchev–Trinajstić information content (AvgIpc) is 2.16. The number of carbonyl (C=O) groups is 1. The lowest BCUT2D eigenvalue weighted by Crippen LogP contribution is -2.14. The molecule has 0 aliphatic heterocycles. The molecule has 4 heteroatoms. The zero-order valence-corrected chi connectivity index (χ0v) is 7.52. The Kier molecular flexibility index (Phi) is 2.97. The Morgan fingerprint density at radius 2 is 2.38 bits per heavy atom. The van der Waals surface area contributed by atoms with Gasteiger partial charge < -0.3 is 9.84 Å². The minimum atomic E-state index is -1.24. The minimum absolute atomic E-state index is 0.481. The van der Waals surface area contributed by atoms with Crippen molar-refractivity contribution in [2.45, 2.75) is 13.0 Å². The van der Waals surface area contributed by atoms with Crippen LogP contribution in [0.4, 0.5) is 0 Å². The van der Waals surface area contributed by atoms with Crippen LogP contribution in [0.3, 0.4) is 0 Å². The van der Waals surface area contributed by atoms with Crippen LogP contribution in [0.5, 0.6) is 0 Å². The number of rotatable bonds is 2. The van der Waals surface area contributed by atoms with Gasteiger partial charge in [0.1, 0.15) is 0 Å². The van der Waals surface area contributed by atoms with Crippen molar-refractivity contribution in [3.05, 3.63) is 29.6 Å². The van der Waals surface area contributed by atoms with E-state index in [4.69, 9.17) is 0 Å². The first-order valence-electron chi connectivity index (χ1n) is 3.83. The van der Waals surface area contributed by atoms with Gasteiger partial charge in [-0.25, -0.2) is 4.79 Å². The molecule has 0 radical (unpaired) electrons. The first kappa shape index (κ1) is 9.67. The van der Waals surface area contributed by atoms with Gasteiger partial charge in [0.2, 0.25) is 0 Å². The molecule has 0 bridgehead atoms. The largest absolute Gasteiger partial charge is 0.467 e. The molecule has 0 saturated heterocycles. The van der Waals surface area contributed by atoms with Gasteiger partial charge in [0, 0.05) is 18.0 Å². The van der Waals surface area contributed by atoms with E-state index < -0.39 is 12.1 Å². The van der Waals surface area contributed by atoms with Gasteiger partial charge in [-0.05, 0) is 18.6 Å². The number of ether oxygens (including phenoxy) is 1. The number of pyridine rings is 1. The summed E-state index contributed by atoms with van der Waals surface area (Å²) >= 11 is 0. The van der Waals surface area contributed by atoms with Gasteiger partial charge in [0.05, 0.1) is 7.11 Å². The Balaban J connectivity index is 2.95. The van der Waals surface area contributed by atoms with E-state index in [0.29, 0.717) is 5.56 Å². The van der Waals surface area contributed by atoms with E-state index in [1.165, 1.54) is 13.3 Å². The summed E-state index contributed by atoms with van der Waals surface area (Å²) in [6.45, 7) is 1.79. The summed E-state index contributed by atoms with van der Waals surface area (Å²) < 4.78 is 4.40. The molecule has 1 atom stereocenters. The molecule has 1 rings (SSSR count). The Morgan fingerprint density at radius 3 is 2.92 bits per heavy atom. The molecule has 0 saturated carbocycles. The number of aliphatic hydroxyl groups excluding tert-OH is 1. The highest BCUT2D eigenvalue weighted by Gasteiger charge is 2.19. The van der Waals surface area contributed by atoms with E-state index in [1.54, 1.807) is 19.2 Å². The molecule has 13 heavy (non-hydrogen) atoms.